The number of amides is 1. The van der Waals surface area contributed by atoms with Gasteiger partial charge in [0.05, 0.1) is 0 Å². The smallest absolute Gasteiger partial charge is 0.326 e. The normalized spacial score (nSPS) is 12.1. The van der Waals surface area contributed by atoms with Gasteiger partial charge in [-0.25, -0.2) is 4.79 Å². The number of nitrogens with zero attached hydrogens (tertiary/aromatic N) is 1. The highest BCUT2D eigenvalue weighted by Gasteiger charge is 2.29. The number of hydrogen-bond donors (Lipinski definition) is 2. The van der Waals surface area contributed by atoms with E-state index < -0.39 is 18.0 Å². The summed E-state index contributed by atoms with van der Waals surface area (Å²) in [6.45, 7) is 7.23. The van der Waals surface area contributed by atoms with Crippen LogP contribution in [0, 0.1) is 5.92 Å². The summed E-state index contributed by atoms with van der Waals surface area (Å²) in [5, 5.41) is 18.9. The van der Waals surface area contributed by atoms with E-state index in [4.69, 9.17) is 5.11 Å². The van der Waals surface area contributed by atoms with Crippen LogP contribution in [-0.2, 0) is 14.4 Å². The molecule has 0 aliphatic heterocycles. The highest BCUT2D eigenvalue weighted by Crippen LogP contribution is 2.17. The van der Waals surface area contributed by atoms with Crippen LogP contribution >= 0.6 is 0 Å². The van der Waals surface area contributed by atoms with Crippen molar-refractivity contribution in [2.75, 3.05) is 6.54 Å². The molecule has 6 nitrogen and oxygen atoms in total. The maximum atomic E-state index is 13.0. The quantitative estimate of drug-likeness (QED) is 0.0794. The van der Waals surface area contributed by atoms with Crippen molar-refractivity contribution in [1.29, 1.82) is 0 Å². The van der Waals surface area contributed by atoms with E-state index in [0.717, 1.165) is 44.4 Å². The lowest BCUT2D eigenvalue weighted by atomic mass is 10.0. The molecule has 0 bridgehead atoms. The number of unbranched alkanes of at least 4 members (excludes halogenated alkanes) is 20. The second-order valence-corrected chi connectivity index (χ2v) is 12.7. The molecule has 0 radical (unpaired) electrons. The molecule has 0 aliphatic rings. The molecule has 0 aromatic rings. The molecule has 0 aromatic carbocycles. The maximum Gasteiger partial charge on any atom is 0.326 e. The van der Waals surface area contributed by atoms with Crippen LogP contribution in [0.25, 0.3) is 0 Å². The van der Waals surface area contributed by atoms with E-state index in [-0.39, 0.29) is 18.7 Å². The molecule has 0 aliphatic carbocycles. The summed E-state index contributed by atoms with van der Waals surface area (Å²) in [6, 6.07) is -1.05. The van der Waals surface area contributed by atoms with Crippen molar-refractivity contribution in [3.63, 3.8) is 0 Å². The second kappa shape index (κ2) is 28.5. The highest BCUT2D eigenvalue weighted by atomic mass is 16.4. The van der Waals surface area contributed by atoms with Crippen LogP contribution in [0.1, 0.15) is 188 Å². The fourth-order valence-electron chi connectivity index (χ4n) is 5.64. The Labute approximate surface area is 253 Å². The minimum atomic E-state index is -1.10. The first kappa shape index (κ1) is 39.4. The monoisotopic (exact) mass is 582 g/mol. The van der Waals surface area contributed by atoms with Crippen molar-refractivity contribution >= 4 is 17.8 Å². The molecule has 0 saturated carbocycles. The molecule has 0 saturated heterocycles. The molecule has 0 unspecified atom stereocenters. The van der Waals surface area contributed by atoms with Crippen molar-refractivity contribution in [3.05, 3.63) is 0 Å². The van der Waals surface area contributed by atoms with Gasteiger partial charge in [0.2, 0.25) is 5.91 Å². The SMILES string of the molecule is CCCCCCCCCCCC(=O)N(CCCCCCCCCCCCCCCC(C)C)[C@@H](CCC(=O)O)C(=O)O. The second-order valence-electron chi connectivity index (χ2n) is 12.7. The Morgan fingerprint density at radius 3 is 1.37 bits per heavy atom. The number of rotatable bonds is 31. The molecule has 0 fully saturated rings. The van der Waals surface area contributed by atoms with Gasteiger partial charge in [-0.15, -0.1) is 0 Å². The standard InChI is InChI=1S/C35H67NO5/c1-4-5-6-7-8-14-18-21-24-27-33(37)36(32(35(40)41)28-29-34(38)39)30-25-22-19-16-13-11-9-10-12-15-17-20-23-26-31(2)3/h31-32H,4-30H2,1-3H3,(H,38,39)(H,40,41)/t32-/m0/s1. The van der Waals surface area contributed by atoms with Gasteiger partial charge in [0, 0.05) is 19.4 Å². The lowest BCUT2D eigenvalue weighted by molar-refractivity contribution is -0.151. The van der Waals surface area contributed by atoms with E-state index in [2.05, 4.69) is 20.8 Å². The van der Waals surface area contributed by atoms with Gasteiger partial charge in [0.1, 0.15) is 6.04 Å². The molecule has 0 rings (SSSR count). The first-order chi connectivity index (χ1) is 19.8. The van der Waals surface area contributed by atoms with E-state index in [1.54, 1.807) is 0 Å². The van der Waals surface area contributed by atoms with Gasteiger partial charge in [0.25, 0.3) is 0 Å². The number of carboxylic acid groups (broad SMARTS) is 2. The Morgan fingerprint density at radius 2 is 0.951 bits per heavy atom. The average Bonchev–Trinajstić information content (AvgIpc) is 2.92. The lowest BCUT2D eigenvalue weighted by Gasteiger charge is -2.29. The third-order valence-corrected chi connectivity index (χ3v) is 8.29. The topological polar surface area (TPSA) is 94.9 Å². The van der Waals surface area contributed by atoms with Gasteiger partial charge in [-0.3, -0.25) is 9.59 Å². The van der Waals surface area contributed by atoms with Gasteiger partial charge in [-0.1, -0.05) is 156 Å². The average molecular weight is 582 g/mol. The lowest BCUT2D eigenvalue weighted by Crippen LogP contribution is -2.45. The van der Waals surface area contributed by atoms with Gasteiger partial charge in [0.15, 0.2) is 0 Å². The number of aliphatic carboxylic acids is 2. The Hall–Kier alpha value is -1.59. The Bertz CT molecular complexity index is 636. The molecule has 41 heavy (non-hydrogen) atoms. The number of carbonyl (C=O) groups excluding carboxylic acids is 1. The molecule has 2 N–H and O–H groups in total. The van der Waals surface area contributed by atoms with Crippen LogP contribution < -0.4 is 0 Å². The van der Waals surface area contributed by atoms with Gasteiger partial charge in [-0.2, -0.15) is 0 Å². The summed E-state index contributed by atoms with van der Waals surface area (Å²) in [7, 11) is 0. The number of hydrogen-bond acceptors (Lipinski definition) is 3. The number of carboxylic acids is 2. The van der Waals surface area contributed by atoms with E-state index in [1.165, 1.54) is 114 Å². The minimum Gasteiger partial charge on any atom is -0.481 e. The van der Waals surface area contributed by atoms with Crippen molar-refractivity contribution in [2.24, 2.45) is 5.92 Å². The molecule has 0 aromatic heterocycles. The summed E-state index contributed by atoms with van der Waals surface area (Å²) in [5.41, 5.74) is 0. The molecule has 0 heterocycles. The molecule has 0 spiro atoms. The van der Waals surface area contributed by atoms with Gasteiger partial charge >= 0.3 is 11.9 Å². The molecule has 1 atom stereocenters. The third-order valence-electron chi connectivity index (χ3n) is 8.29. The maximum absolute atomic E-state index is 13.0. The predicted molar refractivity (Wildman–Crippen MR) is 171 cm³/mol. The van der Waals surface area contributed by atoms with Crippen LogP contribution in [0.2, 0.25) is 0 Å². The predicted octanol–water partition coefficient (Wildman–Crippen LogP) is 10.2. The van der Waals surface area contributed by atoms with E-state index in [9.17, 15) is 19.5 Å². The van der Waals surface area contributed by atoms with Crippen LogP contribution in [0.4, 0.5) is 0 Å². The van der Waals surface area contributed by atoms with Crippen LogP contribution in [0.3, 0.4) is 0 Å². The minimum absolute atomic E-state index is 0.0356. The molecule has 6 heteroatoms. The third kappa shape index (κ3) is 25.8. The number of carbonyl (C=O) groups is 3. The molecular formula is C35H67NO5. The summed E-state index contributed by atoms with van der Waals surface area (Å²) < 4.78 is 0. The first-order valence-electron chi connectivity index (χ1n) is 17.5. The fourth-order valence-corrected chi connectivity index (χ4v) is 5.64. The Morgan fingerprint density at radius 1 is 0.537 bits per heavy atom. The first-order valence-corrected chi connectivity index (χ1v) is 17.5. The fraction of sp³-hybridized carbons (Fsp3) is 0.914. The van der Waals surface area contributed by atoms with Crippen molar-refractivity contribution in [2.45, 2.75) is 194 Å². The van der Waals surface area contributed by atoms with Crippen molar-refractivity contribution < 1.29 is 24.6 Å². The van der Waals surface area contributed by atoms with E-state index in [0.29, 0.717) is 13.0 Å². The molecule has 1 amide bonds. The zero-order valence-corrected chi connectivity index (χ0v) is 27.3. The largest absolute Gasteiger partial charge is 0.481 e. The van der Waals surface area contributed by atoms with E-state index >= 15 is 0 Å². The van der Waals surface area contributed by atoms with E-state index in [1.807, 2.05) is 0 Å². The Balaban J connectivity index is 4.22. The molecular weight excluding hydrogens is 514 g/mol. The zero-order chi connectivity index (χ0) is 30.6. The van der Waals surface area contributed by atoms with Crippen molar-refractivity contribution in [1.82, 2.24) is 4.90 Å². The zero-order valence-electron chi connectivity index (χ0n) is 27.3. The highest BCUT2D eigenvalue weighted by molar-refractivity contribution is 5.84. The summed E-state index contributed by atoms with van der Waals surface area (Å²) in [5.74, 6) is -1.42. The summed E-state index contributed by atoms with van der Waals surface area (Å²) in [4.78, 5) is 37.6. The molecule has 242 valence electrons. The Kier molecular flexibility index (Phi) is 27.4. The summed E-state index contributed by atoms with van der Waals surface area (Å²) in [6.07, 6.45) is 28.0. The van der Waals surface area contributed by atoms with Crippen molar-refractivity contribution in [3.8, 4) is 0 Å². The van der Waals surface area contributed by atoms with Crippen LogP contribution in [-0.4, -0.2) is 45.5 Å². The van der Waals surface area contributed by atoms with Gasteiger partial charge < -0.3 is 15.1 Å². The van der Waals surface area contributed by atoms with Crippen LogP contribution in [0.15, 0.2) is 0 Å². The van der Waals surface area contributed by atoms with Gasteiger partial charge in [-0.05, 0) is 25.2 Å². The summed E-state index contributed by atoms with van der Waals surface area (Å²) >= 11 is 0. The van der Waals surface area contributed by atoms with Crippen LogP contribution in [0.5, 0.6) is 0 Å².